The van der Waals surface area contributed by atoms with E-state index in [-0.39, 0.29) is 0 Å². The van der Waals surface area contributed by atoms with Gasteiger partial charge in [0.15, 0.2) is 0 Å². The van der Waals surface area contributed by atoms with Crippen molar-refractivity contribution in [2.45, 2.75) is 38.3 Å². The summed E-state index contributed by atoms with van der Waals surface area (Å²) in [6.07, 6.45) is 5.61. The molecule has 0 amide bonds. The van der Waals surface area contributed by atoms with E-state index in [0.29, 0.717) is 12.1 Å². The van der Waals surface area contributed by atoms with Crippen molar-refractivity contribution in [3.05, 3.63) is 12.7 Å². The molecule has 1 aliphatic rings. The maximum absolute atomic E-state index is 5.09. The van der Waals surface area contributed by atoms with Crippen LogP contribution in [0.4, 0.5) is 0 Å². The monoisotopic (exact) mass is 226 g/mol. The summed E-state index contributed by atoms with van der Waals surface area (Å²) in [5.74, 6) is 0. The minimum atomic E-state index is 0.566. The highest BCUT2D eigenvalue weighted by Gasteiger charge is 2.19. The summed E-state index contributed by atoms with van der Waals surface area (Å²) in [5.41, 5.74) is 0. The van der Waals surface area contributed by atoms with E-state index >= 15 is 0 Å². The zero-order valence-corrected chi connectivity index (χ0v) is 10.7. The number of methoxy groups -OCH3 is 1. The van der Waals surface area contributed by atoms with Crippen LogP contribution in [0, 0.1) is 0 Å². The molecule has 3 heteroatoms. The van der Waals surface area contributed by atoms with Crippen LogP contribution in [0.2, 0.25) is 0 Å². The number of nitrogens with zero attached hydrogens (tertiary/aromatic N) is 1. The predicted molar refractivity (Wildman–Crippen MR) is 68.7 cm³/mol. The van der Waals surface area contributed by atoms with Crippen LogP contribution in [0.1, 0.15) is 26.2 Å². The van der Waals surface area contributed by atoms with Crippen molar-refractivity contribution in [3.63, 3.8) is 0 Å². The fraction of sp³-hybridized carbons (Fsp3) is 0.846. The van der Waals surface area contributed by atoms with Gasteiger partial charge >= 0.3 is 0 Å². The van der Waals surface area contributed by atoms with Crippen LogP contribution >= 0.6 is 0 Å². The minimum absolute atomic E-state index is 0.566. The van der Waals surface area contributed by atoms with E-state index < -0.39 is 0 Å². The summed E-state index contributed by atoms with van der Waals surface area (Å²) in [4.78, 5) is 2.46. The number of piperidine rings is 1. The van der Waals surface area contributed by atoms with Gasteiger partial charge in [-0.25, -0.2) is 0 Å². The highest BCUT2D eigenvalue weighted by Crippen LogP contribution is 2.11. The Morgan fingerprint density at radius 2 is 2.19 bits per heavy atom. The lowest BCUT2D eigenvalue weighted by Gasteiger charge is -2.33. The van der Waals surface area contributed by atoms with E-state index in [2.05, 4.69) is 23.7 Å². The molecule has 0 saturated carbocycles. The number of nitrogens with one attached hydrogen (secondary N) is 1. The predicted octanol–water partition coefficient (Wildman–Crippen LogP) is 1.65. The Kier molecular flexibility index (Phi) is 6.69. The van der Waals surface area contributed by atoms with Crippen LogP contribution in [0.5, 0.6) is 0 Å². The Balaban J connectivity index is 2.13. The van der Waals surface area contributed by atoms with E-state index in [0.717, 1.165) is 19.6 Å². The van der Waals surface area contributed by atoms with Crippen LogP contribution in [0.25, 0.3) is 0 Å². The van der Waals surface area contributed by atoms with Crippen molar-refractivity contribution in [1.29, 1.82) is 0 Å². The lowest BCUT2D eigenvalue weighted by molar-refractivity contribution is 0.171. The van der Waals surface area contributed by atoms with Gasteiger partial charge in [0.2, 0.25) is 0 Å². The Morgan fingerprint density at radius 1 is 1.50 bits per heavy atom. The number of hydrogen-bond donors (Lipinski definition) is 1. The van der Waals surface area contributed by atoms with Gasteiger partial charge in [-0.2, -0.15) is 0 Å². The summed E-state index contributed by atoms with van der Waals surface area (Å²) in [6, 6.07) is 1.25. The molecule has 0 radical (unpaired) electrons. The SMILES string of the molecule is C=CCN1CCC(NC(C)CCOC)CC1. The van der Waals surface area contributed by atoms with Crippen LogP contribution in [-0.2, 0) is 4.74 Å². The first-order chi connectivity index (χ1) is 7.76. The molecular formula is C13H26N2O. The topological polar surface area (TPSA) is 24.5 Å². The van der Waals surface area contributed by atoms with Gasteiger partial charge in [0.05, 0.1) is 0 Å². The Morgan fingerprint density at radius 3 is 2.75 bits per heavy atom. The van der Waals surface area contributed by atoms with Crippen LogP contribution in [0.15, 0.2) is 12.7 Å². The molecule has 1 heterocycles. The van der Waals surface area contributed by atoms with Gasteiger partial charge in [0.1, 0.15) is 0 Å². The third kappa shape index (κ3) is 5.10. The number of ether oxygens (including phenoxy) is 1. The average molecular weight is 226 g/mol. The minimum Gasteiger partial charge on any atom is -0.385 e. The Hall–Kier alpha value is -0.380. The second-order valence-electron chi connectivity index (χ2n) is 4.71. The molecule has 16 heavy (non-hydrogen) atoms. The summed E-state index contributed by atoms with van der Waals surface area (Å²) in [7, 11) is 1.76. The Labute approximate surface area is 99.8 Å². The highest BCUT2D eigenvalue weighted by atomic mass is 16.5. The first-order valence-corrected chi connectivity index (χ1v) is 6.34. The van der Waals surface area contributed by atoms with E-state index in [9.17, 15) is 0 Å². The summed E-state index contributed by atoms with van der Waals surface area (Å²) < 4.78 is 5.09. The Bertz CT molecular complexity index is 188. The summed E-state index contributed by atoms with van der Waals surface area (Å²) >= 11 is 0. The number of hydrogen-bond acceptors (Lipinski definition) is 3. The van der Waals surface area contributed by atoms with Crippen LogP contribution in [-0.4, -0.2) is 50.3 Å². The van der Waals surface area contributed by atoms with Gasteiger partial charge < -0.3 is 10.1 Å². The van der Waals surface area contributed by atoms with E-state index in [1.807, 2.05) is 6.08 Å². The number of likely N-dealkylation sites (tertiary alicyclic amines) is 1. The molecule has 1 rings (SSSR count). The normalized spacial score (nSPS) is 20.9. The third-order valence-electron chi connectivity index (χ3n) is 3.25. The number of rotatable bonds is 7. The molecule has 1 atom stereocenters. The maximum atomic E-state index is 5.09. The van der Waals surface area contributed by atoms with Gasteiger partial charge in [0, 0.05) is 32.3 Å². The fourth-order valence-corrected chi connectivity index (χ4v) is 2.25. The summed E-state index contributed by atoms with van der Waals surface area (Å²) in [5, 5.41) is 3.68. The third-order valence-corrected chi connectivity index (χ3v) is 3.25. The molecule has 0 aromatic carbocycles. The molecule has 1 fully saturated rings. The van der Waals surface area contributed by atoms with Gasteiger partial charge in [-0.1, -0.05) is 6.08 Å². The molecule has 0 bridgehead atoms. The van der Waals surface area contributed by atoms with E-state index in [4.69, 9.17) is 4.74 Å². The van der Waals surface area contributed by atoms with Crippen LogP contribution < -0.4 is 5.32 Å². The van der Waals surface area contributed by atoms with Crippen molar-refractivity contribution in [3.8, 4) is 0 Å². The molecule has 3 nitrogen and oxygen atoms in total. The second-order valence-corrected chi connectivity index (χ2v) is 4.71. The fourth-order valence-electron chi connectivity index (χ4n) is 2.25. The largest absolute Gasteiger partial charge is 0.385 e. The summed E-state index contributed by atoms with van der Waals surface area (Å²) in [6.45, 7) is 10.3. The molecule has 0 aromatic heterocycles. The zero-order chi connectivity index (χ0) is 11.8. The second kappa shape index (κ2) is 7.82. The molecule has 1 N–H and O–H groups in total. The average Bonchev–Trinajstić information content (AvgIpc) is 2.29. The maximum Gasteiger partial charge on any atom is 0.0476 e. The van der Waals surface area contributed by atoms with Gasteiger partial charge in [-0.3, -0.25) is 4.90 Å². The molecule has 1 saturated heterocycles. The van der Waals surface area contributed by atoms with Gasteiger partial charge in [-0.05, 0) is 39.3 Å². The first kappa shape index (κ1) is 13.7. The quantitative estimate of drug-likeness (QED) is 0.668. The van der Waals surface area contributed by atoms with E-state index in [1.165, 1.54) is 25.9 Å². The van der Waals surface area contributed by atoms with Crippen LogP contribution in [0.3, 0.4) is 0 Å². The molecular weight excluding hydrogens is 200 g/mol. The van der Waals surface area contributed by atoms with Gasteiger partial charge in [0.25, 0.3) is 0 Å². The highest BCUT2D eigenvalue weighted by molar-refractivity contribution is 4.82. The van der Waals surface area contributed by atoms with Crippen molar-refractivity contribution in [1.82, 2.24) is 10.2 Å². The molecule has 0 aliphatic carbocycles. The standard InChI is InChI=1S/C13H26N2O/c1-4-8-15-9-5-13(6-10-15)14-12(2)7-11-16-3/h4,12-14H,1,5-11H2,2-3H3. The van der Waals surface area contributed by atoms with Crippen molar-refractivity contribution in [2.75, 3.05) is 33.4 Å². The lowest BCUT2D eigenvalue weighted by atomic mass is 10.0. The van der Waals surface area contributed by atoms with E-state index in [1.54, 1.807) is 7.11 Å². The first-order valence-electron chi connectivity index (χ1n) is 6.34. The smallest absolute Gasteiger partial charge is 0.0476 e. The molecule has 0 aromatic rings. The van der Waals surface area contributed by atoms with Crippen molar-refractivity contribution in [2.24, 2.45) is 0 Å². The zero-order valence-electron chi connectivity index (χ0n) is 10.7. The lowest BCUT2D eigenvalue weighted by Crippen LogP contribution is -2.45. The van der Waals surface area contributed by atoms with Gasteiger partial charge in [-0.15, -0.1) is 6.58 Å². The van der Waals surface area contributed by atoms with Crippen molar-refractivity contribution < 1.29 is 4.74 Å². The molecule has 1 unspecified atom stereocenters. The molecule has 1 aliphatic heterocycles. The molecule has 94 valence electrons. The van der Waals surface area contributed by atoms with Crippen molar-refractivity contribution >= 4 is 0 Å². The molecule has 0 spiro atoms.